The minimum Gasteiger partial charge on any atom is -0.450 e. The first kappa shape index (κ1) is 50.5. The van der Waals surface area contributed by atoms with Gasteiger partial charge in [-0.15, -0.1) is 0 Å². The van der Waals surface area contributed by atoms with Crippen LogP contribution >= 0.6 is 48.8 Å². The van der Waals surface area contributed by atoms with Crippen molar-refractivity contribution >= 4 is 54.9 Å². The normalized spacial score (nSPS) is 20.3. The molecule has 2 fully saturated rings. The molecule has 15 heteroatoms. The molecule has 54 heavy (non-hydrogen) atoms. The van der Waals surface area contributed by atoms with E-state index < -0.39 is 0 Å². The quantitative estimate of drug-likeness (QED) is 0.0299. The number of thiol groups is 2. The van der Waals surface area contributed by atoms with Gasteiger partial charge in [-0.25, -0.2) is 4.79 Å². The van der Waals surface area contributed by atoms with Gasteiger partial charge in [0.2, 0.25) is 0 Å². The van der Waals surface area contributed by atoms with E-state index in [-0.39, 0.29) is 12.1 Å². The molecular weight excluding hydrogens is 769 g/mol. The van der Waals surface area contributed by atoms with Crippen LogP contribution in [0.2, 0.25) is 0 Å². The van der Waals surface area contributed by atoms with Crippen molar-refractivity contribution in [3.8, 4) is 0 Å². The molecule has 0 atom stereocenters. The van der Waals surface area contributed by atoms with Gasteiger partial charge in [0.05, 0.1) is 79.4 Å². The lowest BCUT2D eigenvalue weighted by atomic mass is 9.76. The van der Waals surface area contributed by atoms with Crippen molar-refractivity contribution in [1.82, 2.24) is 10.6 Å². The van der Waals surface area contributed by atoms with Gasteiger partial charge in [-0.05, 0) is 95.3 Å². The molecule has 0 aromatic rings. The van der Waals surface area contributed by atoms with E-state index in [2.05, 4.69) is 35.9 Å². The highest BCUT2D eigenvalue weighted by Gasteiger charge is 2.27. The fraction of sp³-hybridized carbons (Fsp3) is 0.974. The third-order valence-electron chi connectivity index (χ3n) is 9.60. The highest BCUT2D eigenvalue weighted by atomic mass is 32.2. The zero-order valence-electron chi connectivity index (χ0n) is 33.2. The van der Waals surface area contributed by atoms with Gasteiger partial charge >= 0.3 is 6.09 Å². The maximum Gasteiger partial charge on any atom is 0.407 e. The van der Waals surface area contributed by atoms with Gasteiger partial charge in [-0.3, -0.25) is 5.32 Å². The summed E-state index contributed by atoms with van der Waals surface area (Å²) >= 11 is 11.9. The van der Waals surface area contributed by atoms with Crippen molar-refractivity contribution in [3.63, 3.8) is 0 Å². The average Bonchev–Trinajstić information content (AvgIpc) is 3.18. The van der Waals surface area contributed by atoms with Crippen LogP contribution in [0.15, 0.2) is 0 Å². The van der Waals surface area contributed by atoms with E-state index in [9.17, 15) is 4.79 Å². The van der Waals surface area contributed by atoms with E-state index in [4.69, 9.17) is 37.9 Å². The largest absolute Gasteiger partial charge is 0.450 e. The zero-order chi connectivity index (χ0) is 38.4. The number of carbonyl (C=O) groups is 1. The molecule has 2 saturated carbocycles. The Balaban J connectivity index is 1.29. The van der Waals surface area contributed by atoms with Gasteiger partial charge in [0.25, 0.3) is 0 Å². The number of alkyl carbamates (subject to hydrolysis) is 1. The van der Waals surface area contributed by atoms with Crippen LogP contribution in [0, 0.1) is 11.8 Å². The Morgan fingerprint density at radius 2 is 0.889 bits per heavy atom. The summed E-state index contributed by atoms with van der Waals surface area (Å²) in [5, 5.41) is 6.73. The van der Waals surface area contributed by atoms with E-state index in [0.717, 1.165) is 125 Å². The summed E-state index contributed by atoms with van der Waals surface area (Å²) in [4.78, 5) is 12.3. The summed E-state index contributed by atoms with van der Waals surface area (Å²) in [7, 11) is 0. The molecule has 0 radical (unpaired) electrons. The van der Waals surface area contributed by atoms with Gasteiger partial charge < -0.3 is 43.2 Å². The molecule has 0 heterocycles. The SMILES string of the molecule is O=C(NC1CCC(CC2CCC(NCOCCCCOCCSCCOCCOCCS)CC2)CC1)OCCCCOCCSCCOCCOCCS. The van der Waals surface area contributed by atoms with E-state index >= 15 is 0 Å². The number of nitrogens with one attached hydrogen (secondary N) is 2. The predicted molar refractivity (Wildman–Crippen MR) is 230 cm³/mol. The Morgan fingerprint density at radius 1 is 0.481 bits per heavy atom. The summed E-state index contributed by atoms with van der Waals surface area (Å²) in [6, 6.07) is 0.829. The third kappa shape index (κ3) is 31.4. The van der Waals surface area contributed by atoms with E-state index in [1.54, 1.807) is 0 Å². The van der Waals surface area contributed by atoms with Crippen LogP contribution in [0.1, 0.15) is 83.5 Å². The van der Waals surface area contributed by atoms with Crippen LogP contribution in [0.4, 0.5) is 4.79 Å². The number of hydrogen-bond donors (Lipinski definition) is 4. The summed E-state index contributed by atoms with van der Waals surface area (Å²) in [5.41, 5.74) is 0. The third-order valence-corrected chi connectivity index (χ3v) is 11.8. The van der Waals surface area contributed by atoms with Crippen LogP contribution in [-0.4, -0.2) is 152 Å². The Bertz CT molecular complexity index is 814. The standard InChI is InChI=1S/C39H76N2O9S4/c42-39(50-16-4-3-14-44-24-30-54-32-26-48-20-18-46-22-28-52)41-38-11-7-36(8-12-38)33-35-5-9-37(10-6-35)40-34-49-15-2-1-13-43-23-29-53-31-25-47-19-17-45-21-27-51/h35-38,40,51-52H,1-34H2,(H,41,42). The van der Waals surface area contributed by atoms with Crippen LogP contribution in [0.25, 0.3) is 0 Å². The van der Waals surface area contributed by atoms with Crippen molar-refractivity contribution < 1.29 is 42.7 Å². The van der Waals surface area contributed by atoms with Crippen LogP contribution in [-0.2, 0) is 37.9 Å². The molecule has 2 aliphatic rings. The molecule has 0 aromatic heterocycles. The molecule has 0 saturated heterocycles. The van der Waals surface area contributed by atoms with Gasteiger partial charge in [0.1, 0.15) is 0 Å². The predicted octanol–water partition coefficient (Wildman–Crippen LogP) is 6.77. The highest BCUT2D eigenvalue weighted by molar-refractivity contribution is 7.99. The van der Waals surface area contributed by atoms with Gasteiger partial charge in [0.15, 0.2) is 0 Å². The number of amides is 1. The maximum atomic E-state index is 12.3. The Labute approximate surface area is 347 Å². The molecule has 2 rings (SSSR count). The highest BCUT2D eigenvalue weighted by Crippen LogP contribution is 2.35. The van der Waals surface area contributed by atoms with Gasteiger partial charge in [-0.1, -0.05) is 0 Å². The van der Waals surface area contributed by atoms with E-state index in [1.807, 2.05) is 23.5 Å². The van der Waals surface area contributed by atoms with Crippen LogP contribution < -0.4 is 10.6 Å². The first-order chi connectivity index (χ1) is 26.7. The van der Waals surface area contributed by atoms with E-state index in [1.165, 1.54) is 44.9 Å². The lowest BCUT2D eigenvalue weighted by molar-refractivity contribution is 0.0605. The molecule has 320 valence electrons. The molecule has 0 aliphatic heterocycles. The number of thioether (sulfide) groups is 2. The smallest absolute Gasteiger partial charge is 0.407 e. The molecule has 11 nitrogen and oxygen atoms in total. The molecule has 0 spiro atoms. The summed E-state index contributed by atoms with van der Waals surface area (Å²) < 4.78 is 44.4. The summed E-state index contributed by atoms with van der Waals surface area (Å²) in [6.45, 7) is 10.3. The average molecular weight is 845 g/mol. The Morgan fingerprint density at radius 3 is 1.37 bits per heavy atom. The molecule has 0 bridgehead atoms. The van der Waals surface area contributed by atoms with Crippen molar-refractivity contribution in [2.45, 2.75) is 95.6 Å². The zero-order valence-corrected chi connectivity index (χ0v) is 36.7. The summed E-state index contributed by atoms with van der Waals surface area (Å²) in [6.07, 6.45) is 14.5. The lowest BCUT2D eigenvalue weighted by Gasteiger charge is -2.34. The fourth-order valence-electron chi connectivity index (χ4n) is 6.61. The van der Waals surface area contributed by atoms with Crippen LogP contribution in [0.5, 0.6) is 0 Å². The molecular formula is C39H76N2O9S4. The number of unbranched alkanes of at least 4 members (excludes halogenated alkanes) is 2. The van der Waals surface area contributed by atoms with Crippen LogP contribution in [0.3, 0.4) is 0 Å². The number of hydrogen-bond acceptors (Lipinski definition) is 14. The molecule has 2 N–H and O–H groups in total. The Kier molecular flexibility index (Phi) is 36.3. The minimum absolute atomic E-state index is 0.249. The van der Waals surface area contributed by atoms with E-state index in [0.29, 0.717) is 65.6 Å². The summed E-state index contributed by atoms with van der Waals surface area (Å²) in [5.74, 6) is 7.04. The lowest BCUT2D eigenvalue weighted by Crippen LogP contribution is -2.38. The number of ether oxygens (including phenoxy) is 8. The first-order valence-corrected chi connectivity index (χ1v) is 24.4. The molecule has 2 aliphatic carbocycles. The van der Waals surface area contributed by atoms with Crippen molar-refractivity contribution in [2.24, 2.45) is 11.8 Å². The van der Waals surface area contributed by atoms with Crippen molar-refractivity contribution in [2.75, 3.05) is 134 Å². The van der Waals surface area contributed by atoms with Gasteiger partial charge in [-0.2, -0.15) is 48.8 Å². The fourth-order valence-corrected chi connectivity index (χ4v) is 8.21. The van der Waals surface area contributed by atoms with Gasteiger partial charge in [0, 0.05) is 66.4 Å². The molecule has 1 amide bonds. The second-order valence-electron chi connectivity index (χ2n) is 14.0. The monoisotopic (exact) mass is 844 g/mol. The first-order valence-electron chi connectivity index (χ1n) is 20.8. The second-order valence-corrected chi connectivity index (χ2v) is 17.3. The molecule has 0 aromatic carbocycles. The minimum atomic E-state index is -0.267. The second kappa shape index (κ2) is 38.8. The topological polar surface area (TPSA) is 115 Å². The Hall–Kier alpha value is 0.350. The van der Waals surface area contributed by atoms with Crippen molar-refractivity contribution in [3.05, 3.63) is 0 Å². The molecule has 0 unspecified atom stereocenters. The number of rotatable bonds is 38. The maximum absolute atomic E-state index is 12.3. The number of carbonyl (C=O) groups excluding carboxylic acids is 1. The van der Waals surface area contributed by atoms with Crippen molar-refractivity contribution in [1.29, 1.82) is 0 Å².